The predicted octanol–water partition coefficient (Wildman–Crippen LogP) is 2.48. The summed E-state index contributed by atoms with van der Waals surface area (Å²) >= 11 is 0. The number of hydrogen-bond donors (Lipinski definition) is 2. The Morgan fingerprint density at radius 2 is 2.05 bits per heavy atom. The lowest BCUT2D eigenvalue weighted by Gasteiger charge is -2.17. The molecule has 3 rings (SSSR count). The first-order valence-corrected chi connectivity index (χ1v) is 7.45. The van der Waals surface area contributed by atoms with Gasteiger partial charge in [-0.05, 0) is 62.8 Å². The molecule has 0 unspecified atom stereocenters. The van der Waals surface area contributed by atoms with Crippen molar-refractivity contribution in [1.29, 1.82) is 0 Å². The molecular formula is C16H20N4O. The number of hydrogen-bond acceptors (Lipinski definition) is 3. The van der Waals surface area contributed by atoms with Crippen LogP contribution in [0.5, 0.6) is 0 Å². The minimum Gasteiger partial charge on any atom is -0.342 e. The molecule has 1 amide bonds. The fraction of sp³-hybridized carbons (Fsp3) is 0.438. The van der Waals surface area contributed by atoms with Crippen LogP contribution in [0, 0.1) is 6.92 Å². The summed E-state index contributed by atoms with van der Waals surface area (Å²) in [4.78, 5) is 16.6. The quantitative estimate of drug-likeness (QED) is 0.909. The lowest BCUT2D eigenvalue weighted by atomic mass is 9.90. The highest BCUT2D eigenvalue weighted by atomic mass is 16.1. The molecule has 2 N–H and O–H groups in total. The molecule has 5 heteroatoms. The number of H-pyrrole nitrogens is 1. The van der Waals surface area contributed by atoms with Crippen LogP contribution in [0.15, 0.2) is 18.2 Å². The Labute approximate surface area is 124 Å². The molecule has 0 bridgehead atoms. The standard InChI is InChI=1S/C16H20N4O/c1-10(15-18-11(2)19-20-15)17-16(21)14-8-7-12-5-3-4-6-13(12)9-14/h7-10H,3-6H2,1-2H3,(H,17,21)(H,18,19,20)/t10-/m0/s1. The van der Waals surface area contributed by atoms with E-state index in [0.717, 1.165) is 24.2 Å². The summed E-state index contributed by atoms with van der Waals surface area (Å²) < 4.78 is 0. The van der Waals surface area contributed by atoms with Crippen LogP contribution in [0.1, 0.15) is 58.9 Å². The fourth-order valence-electron chi connectivity index (χ4n) is 2.77. The Hall–Kier alpha value is -2.17. The van der Waals surface area contributed by atoms with Crippen LogP contribution in [0.4, 0.5) is 0 Å². The Kier molecular flexibility index (Phi) is 3.73. The third kappa shape index (κ3) is 2.96. The van der Waals surface area contributed by atoms with Gasteiger partial charge in [0.25, 0.3) is 5.91 Å². The van der Waals surface area contributed by atoms with Crippen molar-refractivity contribution in [1.82, 2.24) is 20.5 Å². The number of aromatic amines is 1. The third-order valence-corrected chi connectivity index (χ3v) is 3.96. The molecule has 0 aliphatic heterocycles. The van der Waals surface area contributed by atoms with Gasteiger partial charge in [-0.3, -0.25) is 9.89 Å². The zero-order chi connectivity index (χ0) is 14.8. The van der Waals surface area contributed by atoms with E-state index in [0.29, 0.717) is 5.82 Å². The molecule has 0 saturated carbocycles. The summed E-state index contributed by atoms with van der Waals surface area (Å²) in [5.41, 5.74) is 3.42. The van der Waals surface area contributed by atoms with Crippen molar-refractivity contribution in [3.63, 3.8) is 0 Å². The molecule has 2 aromatic rings. The number of carbonyl (C=O) groups is 1. The maximum absolute atomic E-state index is 12.3. The van der Waals surface area contributed by atoms with Gasteiger partial charge in [-0.2, -0.15) is 5.10 Å². The maximum Gasteiger partial charge on any atom is 0.251 e. The van der Waals surface area contributed by atoms with E-state index in [-0.39, 0.29) is 11.9 Å². The van der Waals surface area contributed by atoms with E-state index >= 15 is 0 Å². The van der Waals surface area contributed by atoms with Crippen molar-refractivity contribution >= 4 is 5.91 Å². The molecular weight excluding hydrogens is 264 g/mol. The van der Waals surface area contributed by atoms with E-state index in [1.807, 2.05) is 26.0 Å². The van der Waals surface area contributed by atoms with Gasteiger partial charge in [0.2, 0.25) is 0 Å². The number of nitrogens with zero attached hydrogens (tertiary/aromatic N) is 2. The number of aromatic nitrogens is 3. The van der Waals surface area contributed by atoms with E-state index in [9.17, 15) is 4.79 Å². The van der Waals surface area contributed by atoms with Crippen molar-refractivity contribution in [2.24, 2.45) is 0 Å². The number of amides is 1. The SMILES string of the molecule is Cc1nc([C@H](C)NC(=O)c2ccc3c(c2)CCCC3)n[nH]1. The Morgan fingerprint density at radius 1 is 1.29 bits per heavy atom. The molecule has 5 nitrogen and oxygen atoms in total. The second-order valence-electron chi connectivity index (χ2n) is 5.66. The van der Waals surface area contributed by atoms with Crippen LogP contribution >= 0.6 is 0 Å². The topological polar surface area (TPSA) is 70.7 Å². The highest BCUT2D eigenvalue weighted by molar-refractivity contribution is 5.94. The first-order valence-electron chi connectivity index (χ1n) is 7.45. The van der Waals surface area contributed by atoms with E-state index < -0.39 is 0 Å². The van der Waals surface area contributed by atoms with E-state index in [1.54, 1.807) is 0 Å². The van der Waals surface area contributed by atoms with Gasteiger partial charge in [0.1, 0.15) is 5.82 Å². The maximum atomic E-state index is 12.3. The molecule has 1 atom stereocenters. The Balaban J connectivity index is 1.73. The lowest BCUT2D eigenvalue weighted by molar-refractivity contribution is 0.0938. The van der Waals surface area contributed by atoms with Gasteiger partial charge >= 0.3 is 0 Å². The molecule has 1 aliphatic rings. The minimum absolute atomic E-state index is 0.0710. The molecule has 1 aromatic carbocycles. The molecule has 1 aromatic heterocycles. The van der Waals surface area contributed by atoms with Crippen LogP contribution in [-0.2, 0) is 12.8 Å². The first-order chi connectivity index (χ1) is 10.1. The number of fused-ring (bicyclic) bond motifs is 1. The van der Waals surface area contributed by atoms with Crippen molar-refractivity contribution in [3.8, 4) is 0 Å². The Morgan fingerprint density at radius 3 is 2.76 bits per heavy atom. The van der Waals surface area contributed by atoms with Crippen molar-refractivity contribution in [3.05, 3.63) is 46.5 Å². The van der Waals surface area contributed by atoms with Crippen LogP contribution in [-0.4, -0.2) is 21.1 Å². The van der Waals surface area contributed by atoms with Gasteiger partial charge in [0, 0.05) is 5.56 Å². The second kappa shape index (κ2) is 5.68. The number of carbonyl (C=O) groups excluding carboxylic acids is 1. The normalized spacial score (nSPS) is 15.3. The molecule has 0 saturated heterocycles. The molecule has 110 valence electrons. The van der Waals surface area contributed by atoms with Gasteiger partial charge in [-0.15, -0.1) is 0 Å². The monoisotopic (exact) mass is 284 g/mol. The Bertz CT molecular complexity index is 662. The number of benzene rings is 1. The average Bonchev–Trinajstić information content (AvgIpc) is 2.93. The highest BCUT2D eigenvalue weighted by Gasteiger charge is 2.17. The molecule has 1 heterocycles. The van der Waals surface area contributed by atoms with Crippen LogP contribution in [0.2, 0.25) is 0 Å². The van der Waals surface area contributed by atoms with Crippen molar-refractivity contribution in [2.45, 2.75) is 45.6 Å². The summed E-state index contributed by atoms with van der Waals surface area (Å²) in [6.45, 7) is 3.73. The van der Waals surface area contributed by atoms with E-state index in [4.69, 9.17) is 0 Å². The zero-order valence-corrected chi connectivity index (χ0v) is 12.4. The molecule has 1 aliphatic carbocycles. The van der Waals surface area contributed by atoms with Gasteiger partial charge in [-0.1, -0.05) is 6.07 Å². The van der Waals surface area contributed by atoms with E-state index in [2.05, 4.69) is 26.6 Å². The average molecular weight is 284 g/mol. The molecule has 0 spiro atoms. The van der Waals surface area contributed by atoms with E-state index in [1.165, 1.54) is 24.0 Å². The van der Waals surface area contributed by atoms with Crippen LogP contribution in [0.3, 0.4) is 0 Å². The van der Waals surface area contributed by atoms with Crippen molar-refractivity contribution in [2.75, 3.05) is 0 Å². The summed E-state index contributed by atoms with van der Waals surface area (Å²) in [5, 5.41) is 9.82. The number of rotatable bonds is 3. The molecule has 0 radical (unpaired) electrons. The predicted molar refractivity (Wildman–Crippen MR) is 80.1 cm³/mol. The highest BCUT2D eigenvalue weighted by Crippen LogP contribution is 2.22. The largest absolute Gasteiger partial charge is 0.342 e. The zero-order valence-electron chi connectivity index (χ0n) is 12.4. The van der Waals surface area contributed by atoms with Crippen molar-refractivity contribution < 1.29 is 4.79 Å². The van der Waals surface area contributed by atoms with Gasteiger partial charge in [-0.25, -0.2) is 4.98 Å². The lowest BCUT2D eigenvalue weighted by Crippen LogP contribution is -2.27. The fourth-order valence-corrected chi connectivity index (χ4v) is 2.77. The summed E-state index contributed by atoms with van der Waals surface area (Å²) in [5.74, 6) is 1.29. The van der Waals surface area contributed by atoms with Gasteiger partial charge < -0.3 is 5.32 Å². The summed E-state index contributed by atoms with van der Waals surface area (Å²) in [6.07, 6.45) is 4.67. The molecule has 21 heavy (non-hydrogen) atoms. The van der Waals surface area contributed by atoms with Gasteiger partial charge in [0.05, 0.1) is 6.04 Å². The minimum atomic E-state index is -0.210. The summed E-state index contributed by atoms with van der Waals surface area (Å²) in [7, 11) is 0. The third-order valence-electron chi connectivity index (χ3n) is 3.96. The molecule has 0 fully saturated rings. The van der Waals surface area contributed by atoms with Crippen LogP contribution < -0.4 is 5.32 Å². The first kappa shape index (κ1) is 13.8. The number of aryl methyl sites for hydroxylation is 3. The number of nitrogens with one attached hydrogen (secondary N) is 2. The second-order valence-corrected chi connectivity index (χ2v) is 5.66. The summed E-state index contributed by atoms with van der Waals surface area (Å²) in [6, 6.07) is 5.82. The smallest absolute Gasteiger partial charge is 0.251 e. The van der Waals surface area contributed by atoms with Crippen LogP contribution in [0.25, 0.3) is 0 Å². The van der Waals surface area contributed by atoms with Gasteiger partial charge in [0.15, 0.2) is 5.82 Å².